The fourth-order valence-electron chi connectivity index (χ4n) is 5.07. The number of H-pyrrole nitrogens is 2. The van der Waals surface area contributed by atoms with Gasteiger partial charge < -0.3 is 15.2 Å². The maximum absolute atomic E-state index is 4.57. The number of hydrogen-bond acceptors (Lipinski definition) is 6. The third-order valence-electron chi connectivity index (χ3n) is 6.67. The van der Waals surface area contributed by atoms with E-state index in [1.54, 1.807) is 6.33 Å². The lowest BCUT2D eigenvalue weighted by Gasteiger charge is -2.36. The van der Waals surface area contributed by atoms with Gasteiger partial charge in [0.05, 0.1) is 29.3 Å². The largest absolute Gasteiger partial charge is 0.355 e. The van der Waals surface area contributed by atoms with Gasteiger partial charge >= 0.3 is 0 Å². The maximum Gasteiger partial charge on any atom is 0.151 e. The first-order valence-corrected chi connectivity index (χ1v) is 10.5. The molecule has 8 nitrogen and oxygen atoms in total. The van der Waals surface area contributed by atoms with Crippen LogP contribution in [0.4, 0.5) is 5.82 Å². The summed E-state index contributed by atoms with van der Waals surface area (Å²) in [4.78, 5) is 10.1. The number of aromatic amines is 2. The lowest BCUT2D eigenvalue weighted by Crippen LogP contribution is -2.47. The van der Waals surface area contributed by atoms with Crippen LogP contribution in [0.2, 0.25) is 0 Å². The first-order valence-electron chi connectivity index (χ1n) is 10.5. The van der Waals surface area contributed by atoms with Crippen LogP contribution in [0.1, 0.15) is 25.7 Å². The second-order valence-corrected chi connectivity index (χ2v) is 8.42. The Morgan fingerprint density at radius 3 is 2.57 bits per heavy atom. The van der Waals surface area contributed by atoms with Crippen molar-refractivity contribution in [3.05, 3.63) is 43.0 Å². The van der Waals surface area contributed by atoms with Crippen molar-refractivity contribution in [2.45, 2.75) is 43.8 Å². The van der Waals surface area contributed by atoms with E-state index in [1.165, 1.54) is 25.7 Å². The summed E-state index contributed by atoms with van der Waals surface area (Å²) in [6.45, 7) is 0. The monoisotopic (exact) mass is 400 g/mol. The fourth-order valence-corrected chi connectivity index (χ4v) is 5.07. The highest BCUT2D eigenvalue weighted by Gasteiger charge is 2.35. The van der Waals surface area contributed by atoms with Gasteiger partial charge in [0.1, 0.15) is 0 Å². The normalized spacial score (nSPS) is 23.2. The Bertz CT molecular complexity index is 1150. The number of benzene rings is 1. The number of fused-ring (bicyclic) bond motifs is 3. The number of imidazole rings is 1. The van der Waals surface area contributed by atoms with E-state index in [0.29, 0.717) is 18.1 Å². The molecule has 4 aromatic rings. The number of hydrogen-bond donors (Lipinski definition) is 3. The topological polar surface area (TPSA) is 98.4 Å². The van der Waals surface area contributed by atoms with Gasteiger partial charge in [0.15, 0.2) is 5.82 Å². The number of aromatic nitrogens is 6. The molecule has 0 amide bonds. The summed E-state index contributed by atoms with van der Waals surface area (Å²) in [5.74, 6) is 0.929. The van der Waals surface area contributed by atoms with Gasteiger partial charge in [-0.1, -0.05) is 6.07 Å². The number of rotatable bonds is 4. The molecule has 1 aromatic carbocycles. The van der Waals surface area contributed by atoms with Crippen LogP contribution in [-0.4, -0.2) is 55.5 Å². The van der Waals surface area contributed by atoms with E-state index < -0.39 is 0 Å². The standard InChI is InChI=1S/C22H24N8/c1-30(16-8-14-2-3-15(9-16)27-14)20-7-6-19(28-29-20)18-5-4-17(13-10-25-26-11-13)21-22(18)24-12-23-21/h4-7,10-12,14-16,27H,2-3,8-9H2,1H3,(H,23,24)(H,25,26). The second-order valence-electron chi connectivity index (χ2n) is 8.42. The molecule has 2 aliphatic rings. The minimum absolute atomic E-state index is 0.524. The van der Waals surface area contributed by atoms with Crippen LogP contribution < -0.4 is 10.2 Å². The lowest BCUT2D eigenvalue weighted by molar-refractivity contribution is 0.353. The summed E-state index contributed by atoms with van der Waals surface area (Å²) >= 11 is 0. The maximum atomic E-state index is 4.57. The predicted octanol–water partition coefficient (Wildman–Crippen LogP) is 3.13. The average Bonchev–Trinajstić information content (AvgIpc) is 3.54. The molecular formula is C22H24N8. The van der Waals surface area contributed by atoms with Gasteiger partial charge in [0.25, 0.3) is 0 Å². The molecule has 5 heterocycles. The van der Waals surface area contributed by atoms with E-state index in [-0.39, 0.29) is 0 Å². The van der Waals surface area contributed by atoms with Crippen molar-refractivity contribution in [3.63, 3.8) is 0 Å². The van der Waals surface area contributed by atoms with Gasteiger partial charge in [-0.15, -0.1) is 10.2 Å². The third-order valence-corrected chi connectivity index (χ3v) is 6.67. The number of nitrogens with zero attached hydrogens (tertiary/aromatic N) is 5. The van der Waals surface area contributed by atoms with E-state index in [0.717, 1.165) is 39.2 Å². The first-order chi connectivity index (χ1) is 14.8. The highest BCUT2D eigenvalue weighted by molar-refractivity contribution is 5.99. The SMILES string of the molecule is CN(c1ccc(-c2ccc(-c3cn[nH]c3)c3[nH]cnc23)nn1)C1CC2CCC(C1)N2. The van der Waals surface area contributed by atoms with Crippen molar-refractivity contribution >= 4 is 16.9 Å². The molecule has 0 radical (unpaired) electrons. The van der Waals surface area contributed by atoms with Crippen LogP contribution >= 0.6 is 0 Å². The molecule has 8 heteroatoms. The number of anilines is 1. The second kappa shape index (κ2) is 6.91. The lowest BCUT2D eigenvalue weighted by atomic mass is 9.98. The molecule has 2 unspecified atom stereocenters. The van der Waals surface area contributed by atoms with Crippen LogP contribution in [0.3, 0.4) is 0 Å². The van der Waals surface area contributed by atoms with E-state index in [9.17, 15) is 0 Å². The minimum atomic E-state index is 0.524. The van der Waals surface area contributed by atoms with Crippen molar-refractivity contribution in [2.24, 2.45) is 0 Å². The summed E-state index contributed by atoms with van der Waals surface area (Å²) in [7, 11) is 2.14. The van der Waals surface area contributed by atoms with Crippen molar-refractivity contribution in [1.29, 1.82) is 0 Å². The summed E-state index contributed by atoms with van der Waals surface area (Å²) < 4.78 is 0. The highest BCUT2D eigenvalue weighted by Crippen LogP contribution is 2.34. The van der Waals surface area contributed by atoms with Crippen LogP contribution in [-0.2, 0) is 0 Å². The molecule has 152 valence electrons. The van der Waals surface area contributed by atoms with Crippen LogP contribution in [0.5, 0.6) is 0 Å². The Hall–Kier alpha value is -3.26. The van der Waals surface area contributed by atoms with Gasteiger partial charge in [-0.3, -0.25) is 5.10 Å². The van der Waals surface area contributed by atoms with E-state index in [1.807, 2.05) is 12.4 Å². The molecule has 0 saturated carbocycles. The third kappa shape index (κ3) is 2.87. The molecule has 2 fully saturated rings. The Kier molecular flexibility index (Phi) is 4.05. The van der Waals surface area contributed by atoms with Crippen molar-refractivity contribution in [1.82, 2.24) is 35.7 Å². The Morgan fingerprint density at radius 1 is 1.00 bits per heavy atom. The van der Waals surface area contributed by atoms with Crippen molar-refractivity contribution in [3.8, 4) is 22.4 Å². The summed E-state index contributed by atoms with van der Waals surface area (Å²) in [5.41, 5.74) is 5.74. The van der Waals surface area contributed by atoms with Crippen LogP contribution in [0, 0.1) is 0 Å². The van der Waals surface area contributed by atoms with Crippen LogP contribution in [0.25, 0.3) is 33.4 Å². The number of nitrogens with one attached hydrogen (secondary N) is 3. The molecule has 3 aromatic heterocycles. The summed E-state index contributed by atoms with van der Waals surface area (Å²) in [5, 5.41) is 19.8. The van der Waals surface area contributed by atoms with E-state index >= 15 is 0 Å². The zero-order valence-corrected chi connectivity index (χ0v) is 16.8. The number of piperidine rings is 1. The Balaban J connectivity index is 1.30. The molecule has 2 atom stereocenters. The van der Waals surface area contributed by atoms with Gasteiger partial charge in [0, 0.05) is 48.1 Å². The predicted molar refractivity (Wildman–Crippen MR) is 116 cm³/mol. The smallest absolute Gasteiger partial charge is 0.151 e. The molecule has 30 heavy (non-hydrogen) atoms. The summed E-state index contributed by atoms with van der Waals surface area (Å²) in [6, 6.07) is 10.1. The first kappa shape index (κ1) is 17.6. The van der Waals surface area contributed by atoms with Crippen molar-refractivity contribution < 1.29 is 0 Å². The average molecular weight is 400 g/mol. The minimum Gasteiger partial charge on any atom is -0.355 e. The zero-order chi connectivity index (χ0) is 20.1. The van der Waals surface area contributed by atoms with Gasteiger partial charge in [-0.05, 0) is 43.9 Å². The summed E-state index contributed by atoms with van der Waals surface area (Å²) in [6.07, 6.45) is 10.4. The fraction of sp³-hybridized carbons (Fsp3) is 0.364. The molecule has 0 spiro atoms. The molecule has 2 bridgehead atoms. The van der Waals surface area contributed by atoms with Gasteiger partial charge in [0.2, 0.25) is 0 Å². The van der Waals surface area contributed by atoms with Crippen molar-refractivity contribution in [2.75, 3.05) is 11.9 Å². The molecule has 6 rings (SSSR count). The molecule has 2 aliphatic heterocycles. The van der Waals surface area contributed by atoms with E-state index in [2.05, 4.69) is 71.9 Å². The van der Waals surface area contributed by atoms with Gasteiger partial charge in [-0.2, -0.15) is 5.10 Å². The Morgan fingerprint density at radius 2 is 1.83 bits per heavy atom. The quantitative estimate of drug-likeness (QED) is 0.487. The zero-order valence-electron chi connectivity index (χ0n) is 16.8. The van der Waals surface area contributed by atoms with Gasteiger partial charge in [-0.25, -0.2) is 4.98 Å². The Labute approximate surface area is 174 Å². The van der Waals surface area contributed by atoms with Crippen LogP contribution in [0.15, 0.2) is 43.0 Å². The molecule has 3 N–H and O–H groups in total. The molecule has 0 aliphatic carbocycles. The molecule has 2 saturated heterocycles. The highest BCUT2D eigenvalue weighted by atomic mass is 15.3. The van der Waals surface area contributed by atoms with E-state index in [4.69, 9.17) is 0 Å². The molecular weight excluding hydrogens is 376 g/mol.